The third-order valence-electron chi connectivity index (χ3n) is 4.76. The van der Waals surface area contributed by atoms with Gasteiger partial charge in [-0.25, -0.2) is 4.98 Å². The van der Waals surface area contributed by atoms with E-state index in [1.54, 1.807) is 16.7 Å². The van der Waals surface area contributed by atoms with Crippen molar-refractivity contribution in [3.63, 3.8) is 0 Å². The van der Waals surface area contributed by atoms with Crippen molar-refractivity contribution in [2.75, 3.05) is 0 Å². The number of nitrogens with zero attached hydrogens (tertiary/aromatic N) is 2. The Morgan fingerprint density at radius 2 is 1.92 bits per heavy atom. The smallest absolute Gasteiger partial charge is 0.266 e. The van der Waals surface area contributed by atoms with Gasteiger partial charge in [-0.15, -0.1) is 0 Å². The second kappa shape index (κ2) is 6.09. The number of carbonyl (C=O) groups is 1. The van der Waals surface area contributed by atoms with E-state index in [-0.39, 0.29) is 17.5 Å². The highest BCUT2D eigenvalue weighted by molar-refractivity contribution is 5.98. The van der Waals surface area contributed by atoms with Gasteiger partial charge in [0, 0.05) is 0 Å². The van der Waals surface area contributed by atoms with Crippen molar-refractivity contribution in [3.05, 3.63) is 69.8 Å². The molecule has 1 aliphatic rings. The second-order valence-corrected chi connectivity index (χ2v) is 7.30. The molecule has 0 aliphatic carbocycles. The van der Waals surface area contributed by atoms with Crippen molar-refractivity contribution in [1.82, 2.24) is 14.9 Å². The molecule has 1 atom stereocenters. The van der Waals surface area contributed by atoms with Gasteiger partial charge in [0.1, 0.15) is 5.82 Å². The first-order valence-electron chi connectivity index (χ1n) is 8.89. The first kappa shape index (κ1) is 16.5. The van der Waals surface area contributed by atoms with Gasteiger partial charge in [0.15, 0.2) is 0 Å². The lowest BCUT2D eigenvalue weighted by atomic mass is 10.0. The van der Waals surface area contributed by atoms with Crippen molar-refractivity contribution in [2.45, 2.75) is 33.2 Å². The van der Waals surface area contributed by atoms with Crippen LogP contribution in [0.1, 0.15) is 48.1 Å². The minimum atomic E-state index is -0.312. The van der Waals surface area contributed by atoms with Gasteiger partial charge in [0.05, 0.1) is 28.2 Å². The van der Waals surface area contributed by atoms with Gasteiger partial charge in [-0.05, 0) is 43.5 Å². The summed E-state index contributed by atoms with van der Waals surface area (Å²) in [4.78, 5) is 30.9. The summed E-state index contributed by atoms with van der Waals surface area (Å²) in [6.45, 7) is 6.14. The maximum absolute atomic E-state index is 13.4. The van der Waals surface area contributed by atoms with Crippen LogP contribution in [0.25, 0.3) is 16.6 Å². The van der Waals surface area contributed by atoms with Crippen LogP contribution in [0.5, 0.6) is 0 Å². The van der Waals surface area contributed by atoms with Gasteiger partial charge in [-0.1, -0.05) is 37.6 Å². The van der Waals surface area contributed by atoms with Crippen LogP contribution >= 0.6 is 0 Å². The lowest BCUT2D eigenvalue weighted by Crippen LogP contribution is -2.31. The van der Waals surface area contributed by atoms with Gasteiger partial charge in [0.25, 0.3) is 11.5 Å². The van der Waals surface area contributed by atoms with Crippen molar-refractivity contribution in [2.24, 2.45) is 5.92 Å². The predicted molar refractivity (Wildman–Crippen MR) is 102 cm³/mol. The number of carbonyl (C=O) groups excluding carboxylic acids is 1. The Hall–Kier alpha value is -2.95. The minimum Gasteiger partial charge on any atom is -0.342 e. The highest BCUT2D eigenvalue weighted by atomic mass is 16.2. The average Bonchev–Trinajstić information content (AvgIpc) is 2.71. The van der Waals surface area contributed by atoms with Gasteiger partial charge in [-0.3, -0.25) is 14.2 Å². The number of aromatic nitrogens is 2. The molecule has 0 spiro atoms. The summed E-state index contributed by atoms with van der Waals surface area (Å²) in [5.41, 5.74) is 2.62. The molecule has 0 fully saturated rings. The fraction of sp³-hybridized carbons (Fsp3) is 0.286. The number of hydrogen-bond donors (Lipinski definition) is 1. The van der Waals surface area contributed by atoms with Crippen LogP contribution in [0.15, 0.2) is 47.3 Å². The number of rotatable bonds is 2. The molecule has 132 valence electrons. The number of para-hydroxylation sites is 1. The number of aryl methyl sites for hydroxylation is 1. The summed E-state index contributed by atoms with van der Waals surface area (Å²) in [5.74, 6) is 0.773. The topological polar surface area (TPSA) is 64.0 Å². The first-order valence-corrected chi connectivity index (χ1v) is 8.89. The second-order valence-electron chi connectivity index (χ2n) is 7.30. The standard InChI is InChI=1S/C21H21N3O2/c1-12(2)10-17-19-22-16-9-8-13(3)11-15(16)21(26)24(19)18-7-5-4-6-14(18)20(25)23-17/h4-9,11-12,17H,10H2,1-3H3,(H,23,25). The molecule has 5 heteroatoms. The molecular weight excluding hydrogens is 326 g/mol. The van der Waals surface area contributed by atoms with Crippen LogP contribution in [0.4, 0.5) is 0 Å². The predicted octanol–water partition coefficient (Wildman–Crippen LogP) is 3.52. The quantitative estimate of drug-likeness (QED) is 0.771. The van der Waals surface area contributed by atoms with Gasteiger partial charge < -0.3 is 5.32 Å². The normalized spacial score (nSPS) is 16.2. The van der Waals surface area contributed by atoms with Crippen molar-refractivity contribution in [3.8, 4) is 5.69 Å². The SMILES string of the molecule is Cc1ccc2nc3n(c(=O)c2c1)-c1ccccc1C(=O)NC3CC(C)C. The molecule has 1 aromatic heterocycles. The molecule has 26 heavy (non-hydrogen) atoms. The zero-order valence-corrected chi connectivity index (χ0v) is 15.1. The summed E-state index contributed by atoms with van der Waals surface area (Å²) >= 11 is 0. The van der Waals surface area contributed by atoms with Crippen molar-refractivity contribution < 1.29 is 4.79 Å². The molecule has 1 unspecified atom stereocenters. The average molecular weight is 347 g/mol. The van der Waals surface area contributed by atoms with Crippen LogP contribution in [0, 0.1) is 12.8 Å². The third-order valence-corrected chi connectivity index (χ3v) is 4.76. The van der Waals surface area contributed by atoms with E-state index < -0.39 is 0 Å². The monoisotopic (exact) mass is 347 g/mol. The van der Waals surface area contributed by atoms with Gasteiger partial charge in [-0.2, -0.15) is 0 Å². The number of hydrogen-bond acceptors (Lipinski definition) is 3. The van der Waals surface area contributed by atoms with Crippen LogP contribution in [0.2, 0.25) is 0 Å². The Bertz CT molecular complexity index is 1080. The molecule has 3 aromatic rings. The molecule has 0 saturated carbocycles. The molecule has 0 bridgehead atoms. The van der Waals surface area contributed by atoms with E-state index in [1.165, 1.54) is 0 Å². The van der Waals surface area contributed by atoms with E-state index in [0.717, 1.165) is 5.56 Å². The van der Waals surface area contributed by atoms with Gasteiger partial charge >= 0.3 is 0 Å². The molecular formula is C21H21N3O2. The highest BCUT2D eigenvalue weighted by Gasteiger charge is 2.29. The Kier molecular flexibility index (Phi) is 3.87. The molecule has 1 aliphatic heterocycles. The molecule has 2 heterocycles. The lowest BCUT2D eigenvalue weighted by molar-refractivity contribution is 0.0933. The molecule has 0 saturated heterocycles. The zero-order valence-electron chi connectivity index (χ0n) is 15.1. The van der Waals surface area contributed by atoms with E-state index in [0.29, 0.717) is 40.3 Å². The van der Waals surface area contributed by atoms with Crippen LogP contribution in [-0.4, -0.2) is 15.5 Å². The van der Waals surface area contributed by atoms with E-state index in [4.69, 9.17) is 4.98 Å². The van der Waals surface area contributed by atoms with Crippen LogP contribution in [-0.2, 0) is 0 Å². The Morgan fingerprint density at radius 3 is 2.69 bits per heavy atom. The fourth-order valence-corrected chi connectivity index (χ4v) is 3.58. The number of benzene rings is 2. The number of nitrogens with one attached hydrogen (secondary N) is 1. The van der Waals surface area contributed by atoms with E-state index >= 15 is 0 Å². The van der Waals surface area contributed by atoms with Crippen LogP contribution < -0.4 is 10.9 Å². The molecule has 5 nitrogen and oxygen atoms in total. The van der Waals surface area contributed by atoms with Gasteiger partial charge in [0.2, 0.25) is 0 Å². The fourth-order valence-electron chi connectivity index (χ4n) is 3.58. The highest BCUT2D eigenvalue weighted by Crippen LogP contribution is 2.28. The lowest BCUT2D eigenvalue weighted by Gasteiger charge is -2.20. The molecule has 2 aromatic carbocycles. The number of amides is 1. The van der Waals surface area contributed by atoms with E-state index in [2.05, 4.69) is 19.2 Å². The molecule has 0 radical (unpaired) electrons. The maximum Gasteiger partial charge on any atom is 0.266 e. The summed E-state index contributed by atoms with van der Waals surface area (Å²) in [5, 5.41) is 3.64. The Balaban J connectivity index is 2.11. The largest absolute Gasteiger partial charge is 0.342 e. The van der Waals surface area contributed by atoms with Crippen molar-refractivity contribution in [1.29, 1.82) is 0 Å². The first-order chi connectivity index (χ1) is 12.5. The zero-order chi connectivity index (χ0) is 18.4. The molecule has 1 N–H and O–H groups in total. The third kappa shape index (κ3) is 2.60. The Labute approximate surface area is 151 Å². The van der Waals surface area contributed by atoms with Crippen molar-refractivity contribution >= 4 is 16.8 Å². The van der Waals surface area contributed by atoms with E-state index in [9.17, 15) is 9.59 Å². The summed E-state index contributed by atoms with van der Waals surface area (Å²) in [6, 6.07) is 12.6. The summed E-state index contributed by atoms with van der Waals surface area (Å²) in [7, 11) is 0. The summed E-state index contributed by atoms with van der Waals surface area (Å²) < 4.78 is 1.61. The number of fused-ring (bicyclic) bond motifs is 4. The maximum atomic E-state index is 13.4. The molecule has 1 amide bonds. The van der Waals surface area contributed by atoms with E-state index in [1.807, 2.05) is 37.3 Å². The molecule has 4 rings (SSSR count). The Morgan fingerprint density at radius 1 is 1.15 bits per heavy atom. The van der Waals surface area contributed by atoms with Crippen LogP contribution in [0.3, 0.4) is 0 Å². The summed E-state index contributed by atoms with van der Waals surface area (Å²) in [6.07, 6.45) is 0.712. The minimum absolute atomic E-state index is 0.133.